The van der Waals surface area contributed by atoms with Crippen molar-refractivity contribution in [3.8, 4) is 0 Å². The van der Waals surface area contributed by atoms with E-state index in [1.165, 1.54) is 45.2 Å². The van der Waals surface area contributed by atoms with Crippen molar-refractivity contribution in [2.24, 2.45) is 5.92 Å². The van der Waals surface area contributed by atoms with Crippen LogP contribution in [0.25, 0.3) is 0 Å². The number of aliphatic hydroxyl groups is 1. The highest BCUT2D eigenvalue weighted by molar-refractivity contribution is 4.92. The molecule has 2 N–H and O–H groups in total. The highest BCUT2D eigenvalue weighted by Gasteiger charge is 2.34. The molecule has 3 fully saturated rings. The lowest BCUT2D eigenvalue weighted by molar-refractivity contribution is 0.0996. The maximum Gasteiger partial charge on any atom is 0.0543 e. The molecule has 3 atom stereocenters. The average Bonchev–Trinajstić information content (AvgIpc) is 3.07. The minimum atomic E-state index is -0.0258. The van der Waals surface area contributed by atoms with Gasteiger partial charge in [-0.1, -0.05) is 6.42 Å². The molecule has 0 spiro atoms. The smallest absolute Gasteiger partial charge is 0.0543 e. The fourth-order valence-electron chi connectivity index (χ4n) is 3.51. The van der Waals surface area contributed by atoms with E-state index in [9.17, 15) is 5.11 Å². The summed E-state index contributed by atoms with van der Waals surface area (Å²) in [5.74, 6) is 0.716. The molecule has 0 aromatic rings. The average molecular weight is 238 g/mol. The Morgan fingerprint density at radius 2 is 2.00 bits per heavy atom. The van der Waals surface area contributed by atoms with Crippen molar-refractivity contribution in [1.82, 2.24) is 10.2 Å². The monoisotopic (exact) mass is 238 g/mol. The van der Waals surface area contributed by atoms with Gasteiger partial charge in [-0.2, -0.15) is 0 Å². The number of likely N-dealkylation sites (tertiary alicyclic amines) is 1. The summed E-state index contributed by atoms with van der Waals surface area (Å²) in [5, 5.41) is 13.4. The standard InChI is InChI=1S/C14H26N2O/c17-14-3-1-2-11(8-14)9-15-12-6-7-16(10-12)13-4-5-13/h11-15,17H,1-10H2. The maximum atomic E-state index is 9.66. The van der Waals surface area contributed by atoms with E-state index in [1.54, 1.807) is 0 Å². The molecule has 0 amide bonds. The van der Waals surface area contributed by atoms with Crippen LogP contribution in [0, 0.1) is 5.92 Å². The van der Waals surface area contributed by atoms with Gasteiger partial charge in [0.25, 0.3) is 0 Å². The Labute approximate surface area is 105 Å². The van der Waals surface area contributed by atoms with Crippen LogP contribution in [0.3, 0.4) is 0 Å². The number of nitrogens with one attached hydrogen (secondary N) is 1. The zero-order chi connectivity index (χ0) is 11.7. The van der Waals surface area contributed by atoms with E-state index in [-0.39, 0.29) is 6.10 Å². The van der Waals surface area contributed by atoms with Crippen molar-refractivity contribution >= 4 is 0 Å². The van der Waals surface area contributed by atoms with Crippen LogP contribution in [0.2, 0.25) is 0 Å². The predicted octanol–water partition coefficient (Wildman–Crippen LogP) is 1.36. The lowest BCUT2D eigenvalue weighted by Gasteiger charge is -2.27. The van der Waals surface area contributed by atoms with Crippen molar-refractivity contribution < 1.29 is 5.11 Å². The maximum absolute atomic E-state index is 9.66. The van der Waals surface area contributed by atoms with Crippen LogP contribution in [-0.4, -0.2) is 47.8 Å². The van der Waals surface area contributed by atoms with Gasteiger partial charge >= 0.3 is 0 Å². The van der Waals surface area contributed by atoms with E-state index in [1.807, 2.05) is 0 Å². The first-order chi connectivity index (χ1) is 8.31. The van der Waals surface area contributed by atoms with E-state index in [0.29, 0.717) is 5.92 Å². The predicted molar refractivity (Wildman–Crippen MR) is 69.0 cm³/mol. The number of hydrogen-bond acceptors (Lipinski definition) is 3. The highest BCUT2D eigenvalue weighted by atomic mass is 16.3. The third-order valence-corrected chi connectivity index (χ3v) is 4.73. The van der Waals surface area contributed by atoms with E-state index >= 15 is 0 Å². The van der Waals surface area contributed by atoms with Crippen molar-refractivity contribution in [3.05, 3.63) is 0 Å². The number of aliphatic hydroxyl groups excluding tert-OH is 1. The van der Waals surface area contributed by atoms with Gasteiger partial charge in [0, 0.05) is 25.2 Å². The largest absolute Gasteiger partial charge is 0.393 e. The van der Waals surface area contributed by atoms with Gasteiger partial charge in [-0.15, -0.1) is 0 Å². The van der Waals surface area contributed by atoms with E-state index in [4.69, 9.17) is 0 Å². The molecule has 1 aliphatic heterocycles. The molecule has 0 radical (unpaired) electrons. The summed E-state index contributed by atoms with van der Waals surface area (Å²) in [7, 11) is 0. The molecule has 0 bridgehead atoms. The van der Waals surface area contributed by atoms with Gasteiger partial charge in [0.05, 0.1) is 6.10 Å². The van der Waals surface area contributed by atoms with Gasteiger partial charge in [0.15, 0.2) is 0 Å². The van der Waals surface area contributed by atoms with E-state index in [2.05, 4.69) is 10.2 Å². The molecule has 0 aromatic heterocycles. The van der Waals surface area contributed by atoms with Crippen LogP contribution in [0.1, 0.15) is 44.9 Å². The molecule has 2 aliphatic carbocycles. The summed E-state index contributed by atoms with van der Waals surface area (Å²) in [6, 6.07) is 1.65. The molecule has 3 rings (SSSR count). The normalized spacial score (nSPS) is 39.7. The summed E-state index contributed by atoms with van der Waals surface area (Å²) in [6.45, 7) is 3.69. The van der Waals surface area contributed by atoms with Gasteiger partial charge in [-0.25, -0.2) is 0 Å². The molecule has 3 nitrogen and oxygen atoms in total. The van der Waals surface area contributed by atoms with Crippen molar-refractivity contribution in [2.75, 3.05) is 19.6 Å². The molecule has 1 heterocycles. The molecule has 3 aliphatic rings. The Bertz CT molecular complexity index is 255. The molecule has 0 aromatic carbocycles. The van der Waals surface area contributed by atoms with Crippen LogP contribution in [-0.2, 0) is 0 Å². The second kappa shape index (κ2) is 5.25. The van der Waals surface area contributed by atoms with Gasteiger partial charge in [0.1, 0.15) is 0 Å². The second-order valence-corrected chi connectivity index (χ2v) is 6.31. The third-order valence-electron chi connectivity index (χ3n) is 4.73. The zero-order valence-electron chi connectivity index (χ0n) is 10.8. The van der Waals surface area contributed by atoms with Gasteiger partial charge in [-0.05, 0) is 51.0 Å². The summed E-state index contributed by atoms with van der Waals surface area (Å²) < 4.78 is 0. The van der Waals surface area contributed by atoms with Gasteiger partial charge in [-0.3, -0.25) is 4.90 Å². The minimum absolute atomic E-state index is 0.0258. The van der Waals surface area contributed by atoms with Crippen molar-refractivity contribution in [1.29, 1.82) is 0 Å². The van der Waals surface area contributed by atoms with E-state index in [0.717, 1.165) is 31.5 Å². The van der Waals surface area contributed by atoms with Gasteiger partial charge < -0.3 is 10.4 Å². The van der Waals surface area contributed by atoms with Crippen LogP contribution >= 0.6 is 0 Å². The first-order valence-corrected chi connectivity index (χ1v) is 7.47. The molecular weight excluding hydrogens is 212 g/mol. The SMILES string of the molecule is OC1CCCC(CNC2CCN(C3CC3)C2)C1. The number of hydrogen-bond donors (Lipinski definition) is 2. The van der Waals surface area contributed by atoms with Crippen LogP contribution in [0.4, 0.5) is 0 Å². The Hall–Kier alpha value is -0.120. The quantitative estimate of drug-likeness (QED) is 0.776. The Morgan fingerprint density at radius 1 is 1.12 bits per heavy atom. The fourth-order valence-corrected chi connectivity index (χ4v) is 3.51. The summed E-state index contributed by atoms with van der Waals surface area (Å²) in [5.41, 5.74) is 0. The summed E-state index contributed by atoms with van der Waals surface area (Å²) in [6.07, 6.45) is 8.73. The first-order valence-electron chi connectivity index (χ1n) is 7.47. The van der Waals surface area contributed by atoms with Crippen LogP contribution < -0.4 is 5.32 Å². The molecule has 3 unspecified atom stereocenters. The van der Waals surface area contributed by atoms with Gasteiger partial charge in [0.2, 0.25) is 0 Å². The summed E-state index contributed by atoms with van der Waals surface area (Å²) >= 11 is 0. The molecule has 1 saturated heterocycles. The number of nitrogens with zero attached hydrogens (tertiary/aromatic N) is 1. The Morgan fingerprint density at radius 3 is 2.76 bits per heavy atom. The lowest BCUT2D eigenvalue weighted by Crippen LogP contribution is -2.38. The topological polar surface area (TPSA) is 35.5 Å². The Kier molecular flexibility index (Phi) is 3.69. The molecule has 17 heavy (non-hydrogen) atoms. The molecule has 98 valence electrons. The third kappa shape index (κ3) is 3.21. The first kappa shape index (κ1) is 11.9. The molecule has 2 saturated carbocycles. The summed E-state index contributed by atoms with van der Waals surface area (Å²) in [4.78, 5) is 2.66. The number of rotatable bonds is 4. The molecular formula is C14H26N2O. The highest BCUT2D eigenvalue weighted by Crippen LogP contribution is 2.30. The zero-order valence-corrected chi connectivity index (χ0v) is 10.8. The van der Waals surface area contributed by atoms with Crippen molar-refractivity contribution in [3.63, 3.8) is 0 Å². The van der Waals surface area contributed by atoms with Crippen LogP contribution in [0.5, 0.6) is 0 Å². The molecule has 3 heteroatoms. The second-order valence-electron chi connectivity index (χ2n) is 6.31. The van der Waals surface area contributed by atoms with Crippen LogP contribution in [0.15, 0.2) is 0 Å². The van der Waals surface area contributed by atoms with E-state index < -0.39 is 0 Å². The minimum Gasteiger partial charge on any atom is -0.393 e. The Balaban J connectivity index is 1.36. The fraction of sp³-hybridized carbons (Fsp3) is 1.00. The lowest BCUT2D eigenvalue weighted by atomic mass is 9.87. The van der Waals surface area contributed by atoms with Crippen molar-refractivity contribution in [2.45, 2.75) is 63.1 Å².